The Morgan fingerprint density at radius 3 is 2.34 bits per heavy atom. The fourth-order valence-electron chi connectivity index (χ4n) is 2.91. The summed E-state index contributed by atoms with van der Waals surface area (Å²) in [7, 11) is 6.45. The van der Waals surface area contributed by atoms with Gasteiger partial charge in [-0.05, 0) is 42.8 Å². The van der Waals surface area contributed by atoms with E-state index in [1.165, 1.54) is 6.08 Å². The number of fused-ring (bicyclic) bond motifs is 1. The average Bonchev–Trinajstić information content (AvgIpc) is 3.19. The van der Waals surface area contributed by atoms with Gasteiger partial charge in [0.2, 0.25) is 11.7 Å². The van der Waals surface area contributed by atoms with Gasteiger partial charge >= 0.3 is 0 Å². The number of benzene rings is 2. The van der Waals surface area contributed by atoms with Gasteiger partial charge in [-0.3, -0.25) is 4.79 Å². The molecule has 1 heterocycles. The predicted molar refractivity (Wildman–Crippen MR) is 116 cm³/mol. The van der Waals surface area contributed by atoms with Crippen LogP contribution in [0.3, 0.4) is 0 Å². The number of carbonyl (C=O) groups excluding carboxylic acids is 1. The van der Waals surface area contributed by atoms with Crippen molar-refractivity contribution in [1.29, 1.82) is 0 Å². The van der Waals surface area contributed by atoms with Crippen LogP contribution in [0.5, 0.6) is 17.2 Å². The molecule has 3 rings (SSSR count). The Balaban J connectivity index is 1.79. The number of para-hydroxylation sites is 1. The van der Waals surface area contributed by atoms with Crippen molar-refractivity contribution in [2.75, 3.05) is 28.4 Å². The Bertz CT molecular complexity index is 986. The number of carbonyl (C=O) groups is 1. The number of methoxy groups -OCH3 is 3. The summed E-state index contributed by atoms with van der Waals surface area (Å²) >= 11 is 1.60. The molecule has 1 amide bonds. The van der Waals surface area contributed by atoms with E-state index in [0.717, 1.165) is 20.8 Å². The number of amides is 1. The first-order valence-corrected chi connectivity index (χ1v) is 9.90. The second-order valence-corrected chi connectivity index (χ2v) is 7.50. The number of aromatic nitrogens is 1. The molecular formula is C22H24N2O4S. The van der Waals surface area contributed by atoms with Gasteiger partial charge in [0.05, 0.1) is 37.6 Å². The molecule has 1 aromatic heterocycles. The van der Waals surface area contributed by atoms with E-state index < -0.39 is 0 Å². The maximum Gasteiger partial charge on any atom is 0.246 e. The van der Waals surface area contributed by atoms with Crippen LogP contribution in [0.1, 0.15) is 23.5 Å². The molecule has 0 saturated carbocycles. The highest BCUT2D eigenvalue weighted by Crippen LogP contribution is 2.38. The van der Waals surface area contributed by atoms with E-state index in [1.54, 1.807) is 62.8 Å². The molecule has 0 radical (unpaired) electrons. The number of hydrogen-bond donors (Lipinski definition) is 0. The van der Waals surface area contributed by atoms with Gasteiger partial charge in [0, 0.05) is 13.1 Å². The van der Waals surface area contributed by atoms with Gasteiger partial charge < -0.3 is 19.1 Å². The van der Waals surface area contributed by atoms with Crippen LogP contribution in [0.2, 0.25) is 0 Å². The second kappa shape index (κ2) is 8.96. The first kappa shape index (κ1) is 20.7. The zero-order valence-corrected chi connectivity index (χ0v) is 17.9. The molecule has 0 fully saturated rings. The van der Waals surface area contributed by atoms with Crippen LogP contribution in [-0.2, 0) is 4.79 Å². The van der Waals surface area contributed by atoms with Crippen LogP contribution >= 0.6 is 11.3 Å². The van der Waals surface area contributed by atoms with Crippen LogP contribution in [0.15, 0.2) is 42.5 Å². The number of rotatable bonds is 7. The fraction of sp³-hybridized carbons (Fsp3) is 0.273. The third kappa shape index (κ3) is 4.35. The largest absolute Gasteiger partial charge is 0.493 e. The normalized spacial score (nSPS) is 12.2. The van der Waals surface area contributed by atoms with Crippen LogP contribution in [0.4, 0.5) is 0 Å². The summed E-state index contributed by atoms with van der Waals surface area (Å²) in [5.41, 5.74) is 1.72. The lowest BCUT2D eigenvalue weighted by atomic mass is 10.1. The quantitative estimate of drug-likeness (QED) is 0.533. The first-order chi connectivity index (χ1) is 14.0. The lowest BCUT2D eigenvalue weighted by Crippen LogP contribution is -2.27. The molecule has 0 bridgehead atoms. The van der Waals surface area contributed by atoms with Gasteiger partial charge in [-0.2, -0.15) is 0 Å². The summed E-state index contributed by atoms with van der Waals surface area (Å²) in [5.74, 6) is 1.47. The minimum absolute atomic E-state index is 0.120. The molecule has 2 aromatic carbocycles. The Labute approximate surface area is 174 Å². The minimum atomic E-state index is -0.135. The Morgan fingerprint density at radius 2 is 1.76 bits per heavy atom. The lowest BCUT2D eigenvalue weighted by Gasteiger charge is -2.21. The van der Waals surface area contributed by atoms with Crippen molar-refractivity contribution in [3.63, 3.8) is 0 Å². The first-order valence-electron chi connectivity index (χ1n) is 9.08. The molecule has 6 nitrogen and oxygen atoms in total. The Hall–Kier alpha value is -3.06. The highest BCUT2D eigenvalue weighted by atomic mass is 32.1. The maximum absolute atomic E-state index is 12.7. The molecule has 3 aromatic rings. The maximum atomic E-state index is 12.7. The molecule has 152 valence electrons. The highest BCUT2D eigenvalue weighted by Gasteiger charge is 2.19. The zero-order valence-electron chi connectivity index (χ0n) is 17.1. The van der Waals surface area contributed by atoms with Gasteiger partial charge in [0.25, 0.3) is 0 Å². The van der Waals surface area contributed by atoms with Crippen molar-refractivity contribution in [2.45, 2.75) is 13.0 Å². The van der Waals surface area contributed by atoms with Gasteiger partial charge in [-0.1, -0.05) is 12.1 Å². The molecule has 1 atom stereocenters. The molecule has 0 N–H and O–H groups in total. The van der Waals surface area contributed by atoms with Crippen LogP contribution < -0.4 is 14.2 Å². The van der Waals surface area contributed by atoms with Gasteiger partial charge in [0.1, 0.15) is 5.01 Å². The number of nitrogens with zero attached hydrogens (tertiary/aromatic N) is 2. The molecule has 0 aliphatic rings. The van der Waals surface area contributed by atoms with E-state index in [2.05, 4.69) is 4.98 Å². The molecule has 0 saturated heterocycles. The molecule has 0 aliphatic carbocycles. The van der Waals surface area contributed by atoms with E-state index in [0.29, 0.717) is 17.2 Å². The van der Waals surface area contributed by atoms with Gasteiger partial charge in [0.15, 0.2) is 11.5 Å². The smallest absolute Gasteiger partial charge is 0.246 e. The molecule has 0 aliphatic heterocycles. The Morgan fingerprint density at radius 1 is 1.10 bits per heavy atom. The number of hydrogen-bond acceptors (Lipinski definition) is 6. The third-order valence-corrected chi connectivity index (χ3v) is 5.91. The van der Waals surface area contributed by atoms with E-state index >= 15 is 0 Å². The summed E-state index contributed by atoms with van der Waals surface area (Å²) in [5, 5.41) is 0.906. The topological polar surface area (TPSA) is 60.9 Å². The van der Waals surface area contributed by atoms with Crippen LogP contribution in [0, 0.1) is 0 Å². The fourth-order valence-corrected chi connectivity index (χ4v) is 3.97. The number of ether oxygens (including phenoxy) is 3. The van der Waals surface area contributed by atoms with Crippen molar-refractivity contribution in [1.82, 2.24) is 9.88 Å². The molecule has 7 heteroatoms. The number of likely N-dealkylation sites (N-methyl/N-ethyl adjacent to an activating group) is 1. The summed E-state index contributed by atoms with van der Waals surface area (Å²) in [6, 6.07) is 11.4. The van der Waals surface area contributed by atoms with Gasteiger partial charge in [-0.15, -0.1) is 11.3 Å². The SMILES string of the molecule is COc1cc(/C=C/C(=O)N(C)C(C)c2nc3ccccc3s2)cc(OC)c1OC. The number of thiazole rings is 1. The van der Waals surface area contributed by atoms with Crippen LogP contribution in [0.25, 0.3) is 16.3 Å². The second-order valence-electron chi connectivity index (χ2n) is 6.44. The zero-order chi connectivity index (χ0) is 21.0. The van der Waals surface area contributed by atoms with E-state index in [4.69, 9.17) is 14.2 Å². The van der Waals surface area contributed by atoms with Crippen LogP contribution in [-0.4, -0.2) is 44.2 Å². The Kier molecular flexibility index (Phi) is 6.39. The van der Waals surface area contributed by atoms with E-state index in [-0.39, 0.29) is 11.9 Å². The summed E-state index contributed by atoms with van der Waals surface area (Å²) < 4.78 is 17.2. The molecular weight excluding hydrogens is 388 g/mol. The third-order valence-electron chi connectivity index (χ3n) is 4.70. The van der Waals surface area contributed by atoms with Crippen molar-refractivity contribution >= 4 is 33.5 Å². The summed E-state index contributed by atoms with van der Waals surface area (Å²) in [6.45, 7) is 1.98. The van der Waals surface area contributed by atoms with Crippen molar-refractivity contribution < 1.29 is 19.0 Å². The van der Waals surface area contributed by atoms with E-state index in [9.17, 15) is 4.79 Å². The summed E-state index contributed by atoms with van der Waals surface area (Å²) in [4.78, 5) is 19.0. The summed E-state index contributed by atoms with van der Waals surface area (Å²) in [6.07, 6.45) is 3.26. The standard InChI is InChI=1S/C22H24N2O4S/c1-14(22-23-16-8-6-7-9-19(16)29-22)24(2)20(25)11-10-15-12-17(26-3)21(28-5)18(13-15)27-4/h6-14H,1-5H3/b11-10+. The highest BCUT2D eigenvalue weighted by molar-refractivity contribution is 7.18. The van der Waals surface area contributed by atoms with Crippen molar-refractivity contribution in [3.8, 4) is 17.2 Å². The van der Waals surface area contributed by atoms with Crippen molar-refractivity contribution in [3.05, 3.63) is 53.0 Å². The van der Waals surface area contributed by atoms with Crippen molar-refractivity contribution in [2.24, 2.45) is 0 Å². The molecule has 1 unspecified atom stereocenters. The van der Waals surface area contributed by atoms with Gasteiger partial charge in [-0.25, -0.2) is 4.98 Å². The predicted octanol–water partition coefficient (Wildman–Crippen LogP) is 4.55. The minimum Gasteiger partial charge on any atom is -0.493 e. The van der Waals surface area contributed by atoms with E-state index in [1.807, 2.05) is 31.2 Å². The average molecular weight is 413 g/mol. The molecule has 29 heavy (non-hydrogen) atoms. The molecule has 0 spiro atoms. The lowest BCUT2D eigenvalue weighted by molar-refractivity contribution is -0.126. The monoisotopic (exact) mass is 412 g/mol.